The predicted molar refractivity (Wildman–Crippen MR) is 125 cm³/mol. The zero-order chi connectivity index (χ0) is 23.4. The average Bonchev–Trinajstić information content (AvgIpc) is 2.75. The number of halogens is 1. The maximum atomic E-state index is 12.7. The Hall–Kier alpha value is -2.73. The van der Waals surface area contributed by atoms with E-state index in [2.05, 4.69) is 25.3 Å². The van der Waals surface area contributed by atoms with Gasteiger partial charge in [-0.05, 0) is 55.9 Å². The Morgan fingerprint density at radius 3 is 2.19 bits per heavy atom. The van der Waals surface area contributed by atoms with Crippen molar-refractivity contribution in [1.82, 2.24) is 14.7 Å². The zero-order valence-electron chi connectivity index (χ0n) is 17.3. The van der Waals surface area contributed by atoms with Crippen molar-refractivity contribution in [3.05, 3.63) is 59.9 Å². The Morgan fingerprint density at radius 2 is 1.56 bits per heavy atom. The highest BCUT2D eigenvalue weighted by Crippen LogP contribution is 2.29. The Balaban J connectivity index is 1.99. The van der Waals surface area contributed by atoms with Gasteiger partial charge in [-0.1, -0.05) is 18.5 Å². The van der Waals surface area contributed by atoms with E-state index in [-0.39, 0.29) is 27.0 Å². The second kappa shape index (κ2) is 9.82. The van der Waals surface area contributed by atoms with Gasteiger partial charge >= 0.3 is 0 Å². The van der Waals surface area contributed by atoms with Crippen LogP contribution in [0.25, 0.3) is 0 Å². The van der Waals surface area contributed by atoms with Crippen LogP contribution in [0, 0.1) is 0 Å². The molecular weight excluding hydrogens is 474 g/mol. The number of nitrogens with one attached hydrogen (secondary N) is 3. The molecule has 0 fully saturated rings. The van der Waals surface area contributed by atoms with Gasteiger partial charge in [-0.25, -0.2) is 31.5 Å². The minimum absolute atomic E-state index is 0.0137. The largest absolute Gasteiger partial charge is 0.340 e. The van der Waals surface area contributed by atoms with Gasteiger partial charge in [0.2, 0.25) is 10.0 Å². The molecule has 0 saturated heterocycles. The summed E-state index contributed by atoms with van der Waals surface area (Å²) in [6, 6.07) is 12.4. The first-order chi connectivity index (χ1) is 15.1. The molecule has 0 spiro atoms. The summed E-state index contributed by atoms with van der Waals surface area (Å²) in [5.74, 6) is 0.651. The Labute approximate surface area is 192 Å². The molecule has 3 aromatic rings. The van der Waals surface area contributed by atoms with E-state index in [1.165, 1.54) is 31.6 Å². The van der Waals surface area contributed by atoms with Crippen LogP contribution in [0.5, 0.6) is 0 Å². The Kier molecular flexibility index (Phi) is 7.34. The van der Waals surface area contributed by atoms with Gasteiger partial charge in [-0.15, -0.1) is 0 Å². The van der Waals surface area contributed by atoms with Gasteiger partial charge in [-0.3, -0.25) is 0 Å². The third kappa shape index (κ3) is 5.74. The molecule has 0 aliphatic carbocycles. The lowest BCUT2D eigenvalue weighted by Crippen LogP contribution is -2.19. The third-order valence-electron chi connectivity index (χ3n) is 4.38. The van der Waals surface area contributed by atoms with Gasteiger partial charge in [0.25, 0.3) is 0 Å². The Bertz CT molecular complexity index is 1310. The molecule has 3 N–H and O–H groups in total. The monoisotopic (exact) mass is 495 g/mol. The van der Waals surface area contributed by atoms with Gasteiger partial charge < -0.3 is 10.6 Å². The fourth-order valence-corrected chi connectivity index (χ4v) is 5.21. The average molecular weight is 496 g/mol. The molecule has 0 unspecified atom stereocenters. The number of hydrogen-bond donors (Lipinski definition) is 3. The van der Waals surface area contributed by atoms with Crippen LogP contribution < -0.4 is 15.4 Å². The summed E-state index contributed by atoms with van der Waals surface area (Å²) in [5.41, 5.74) is 0.846. The molecule has 170 valence electrons. The van der Waals surface area contributed by atoms with Gasteiger partial charge in [0.1, 0.15) is 18.0 Å². The molecule has 0 radical (unpaired) electrons. The standard InChI is InChI=1S/C20H22ClN5O4S2/c1-3-10-31(27,28)18-9-8-16(32(29,30)22-2)11-17(18)26-20-12-19(23-13-24-20)25-15-6-4-14(21)5-7-15/h4-9,11-13,22H,3,10H2,1-2H3,(H2,23,24,25,26). The van der Waals surface area contributed by atoms with Crippen molar-refractivity contribution in [3.8, 4) is 0 Å². The second-order valence-electron chi connectivity index (χ2n) is 6.73. The van der Waals surface area contributed by atoms with E-state index in [9.17, 15) is 16.8 Å². The number of anilines is 4. The fraction of sp³-hybridized carbons (Fsp3) is 0.200. The first-order valence-corrected chi connectivity index (χ1v) is 13.1. The Morgan fingerprint density at radius 1 is 0.906 bits per heavy atom. The molecule has 1 aromatic heterocycles. The molecular formula is C20H22ClN5O4S2. The molecule has 0 saturated carbocycles. The number of sulfone groups is 1. The van der Waals surface area contributed by atoms with Crippen LogP contribution in [-0.2, 0) is 19.9 Å². The fourth-order valence-electron chi connectivity index (χ4n) is 2.85. The summed E-state index contributed by atoms with van der Waals surface area (Å²) in [4.78, 5) is 8.19. The van der Waals surface area contributed by atoms with Crippen molar-refractivity contribution < 1.29 is 16.8 Å². The molecule has 32 heavy (non-hydrogen) atoms. The van der Waals surface area contributed by atoms with Crippen LogP contribution in [0.1, 0.15) is 13.3 Å². The lowest BCUT2D eigenvalue weighted by atomic mass is 10.3. The van der Waals surface area contributed by atoms with Crippen molar-refractivity contribution >= 4 is 54.5 Å². The molecule has 0 bridgehead atoms. The highest BCUT2D eigenvalue weighted by molar-refractivity contribution is 7.91. The normalized spacial score (nSPS) is 11.8. The third-order valence-corrected chi connectivity index (χ3v) is 8.02. The number of sulfonamides is 1. The number of aromatic nitrogens is 2. The molecule has 0 aliphatic heterocycles. The summed E-state index contributed by atoms with van der Waals surface area (Å²) in [5, 5.41) is 6.61. The molecule has 0 amide bonds. The van der Waals surface area contributed by atoms with E-state index < -0.39 is 19.9 Å². The molecule has 0 atom stereocenters. The maximum absolute atomic E-state index is 12.7. The summed E-state index contributed by atoms with van der Waals surface area (Å²) in [6.45, 7) is 1.75. The molecule has 2 aromatic carbocycles. The summed E-state index contributed by atoms with van der Waals surface area (Å²) < 4.78 is 52.2. The van der Waals surface area contributed by atoms with Crippen molar-refractivity contribution in [2.45, 2.75) is 23.1 Å². The van der Waals surface area contributed by atoms with Crippen LogP contribution >= 0.6 is 11.6 Å². The van der Waals surface area contributed by atoms with Crippen LogP contribution in [0.2, 0.25) is 5.02 Å². The van der Waals surface area contributed by atoms with E-state index in [0.717, 1.165) is 5.69 Å². The topological polar surface area (TPSA) is 130 Å². The number of benzene rings is 2. The van der Waals surface area contributed by atoms with E-state index >= 15 is 0 Å². The van der Waals surface area contributed by atoms with E-state index in [0.29, 0.717) is 17.3 Å². The molecule has 9 nitrogen and oxygen atoms in total. The van der Waals surface area contributed by atoms with Crippen molar-refractivity contribution in [3.63, 3.8) is 0 Å². The number of nitrogens with zero attached hydrogens (tertiary/aromatic N) is 2. The minimum atomic E-state index is -3.78. The second-order valence-corrected chi connectivity index (χ2v) is 11.1. The lowest BCUT2D eigenvalue weighted by Gasteiger charge is -2.14. The van der Waals surface area contributed by atoms with Crippen molar-refractivity contribution in [2.24, 2.45) is 0 Å². The quantitative estimate of drug-likeness (QED) is 0.409. The van der Waals surface area contributed by atoms with E-state index in [1.54, 1.807) is 37.3 Å². The van der Waals surface area contributed by atoms with Crippen molar-refractivity contribution in [1.29, 1.82) is 0 Å². The van der Waals surface area contributed by atoms with E-state index in [4.69, 9.17) is 11.6 Å². The first kappa shape index (κ1) is 23.9. The summed E-state index contributed by atoms with van der Waals surface area (Å²) >= 11 is 5.90. The number of rotatable bonds is 9. The maximum Gasteiger partial charge on any atom is 0.240 e. The highest BCUT2D eigenvalue weighted by Gasteiger charge is 2.22. The summed E-state index contributed by atoms with van der Waals surface area (Å²) in [6.07, 6.45) is 1.72. The van der Waals surface area contributed by atoms with Crippen molar-refractivity contribution in [2.75, 3.05) is 23.4 Å². The minimum Gasteiger partial charge on any atom is -0.340 e. The zero-order valence-corrected chi connectivity index (χ0v) is 19.7. The van der Waals surface area contributed by atoms with E-state index in [1.807, 2.05) is 0 Å². The van der Waals surface area contributed by atoms with Crippen LogP contribution in [0.15, 0.2) is 64.6 Å². The first-order valence-electron chi connectivity index (χ1n) is 9.56. The predicted octanol–water partition coefficient (Wildman–Crippen LogP) is 3.71. The van der Waals surface area contributed by atoms with Gasteiger partial charge in [0.15, 0.2) is 9.84 Å². The van der Waals surface area contributed by atoms with Crippen LogP contribution in [0.4, 0.5) is 23.0 Å². The molecule has 1 heterocycles. The summed E-state index contributed by atoms with van der Waals surface area (Å²) in [7, 11) is -6.14. The SMILES string of the molecule is CCCS(=O)(=O)c1ccc(S(=O)(=O)NC)cc1Nc1cc(Nc2ccc(Cl)cc2)ncn1. The number of hydrogen-bond acceptors (Lipinski definition) is 8. The van der Waals surface area contributed by atoms with Gasteiger partial charge in [0, 0.05) is 16.8 Å². The molecule has 12 heteroatoms. The lowest BCUT2D eigenvalue weighted by molar-refractivity contribution is 0.586. The van der Waals surface area contributed by atoms with Gasteiger partial charge in [-0.2, -0.15) is 0 Å². The van der Waals surface area contributed by atoms with Crippen LogP contribution in [0.3, 0.4) is 0 Å². The molecule has 3 rings (SSSR count). The van der Waals surface area contributed by atoms with Gasteiger partial charge in [0.05, 0.1) is 21.2 Å². The van der Waals surface area contributed by atoms with Crippen LogP contribution in [-0.4, -0.2) is 39.6 Å². The highest BCUT2D eigenvalue weighted by atomic mass is 35.5. The smallest absolute Gasteiger partial charge is 0.240 e. The molecule has 0 aliphatic rings.